The van der Waals surface area contributed by atoms with Gasteiger partial charge in [0.05, 0.1) is 14.2 Å². The molecule has 0 unspecified atom stereocenters. The van der Waals surface area contributed by atoms with Gasteiger partial charge in [-0.15, -0.1) is 0 Å². The smallest absolute Gasteiger partial charge is 0.231 e. The van der Waals surface area contributed by atoms with Crippen molar-refractivity contribution in [3.8, 4) is 23.0 Å². The van der Waals surface area contributed by atoms with Crippen molar-refractivity contribution < 1.29 is 14.0 Å². The molecule has 4 nitrogen and oxygen atoms in total. The molecule has 4 heteroatoms. The van der Waals surface area contributed by atoms with Gasteiger partial charge in [-0.05, 0) is 12.5 Å². The molecular weight excluding hydrogens is 228 g/mol. The van der Waals surface area contributed by atoms with Crippen molar-refractivity contribution in [2.75, 3.05) is 14.2 Å². The molecule has 1 aliphatic heterocycles. The maximum Gasteiger partial charge on any atom is 0.231 e. The van der Waals surface area contributed by atoms with E-state index in [1.807, 2.05) is 6.07 Å². The lowest BCUT2D eigenvalue weighted by atomic mass is 10.1. The van der Waals surface area contributed by atoms with E-state index in [1.54, 1.807) is 14.2 Å². The van der Waals surface area contributed by atoms with Gasteiger partial charge in [0.25, 0.3) is 0 Å². The minimum Gasteiger partial charge on any atom is -0.481 e. The summed E-state index contributed by atoms with van der Waals surface area (Å²) in [4.78, 5) is 4.35. The molecular formula is C14H15N2O2+. The Balaban J connectivity index is 2.25. The third kappa shape index (κ3) is 1.53. The average Bonchev–Trinajstić information content (AvgIpc) is 2.75. The first-order valence-electron chi connectivity index (χ1n) is 5.85. The summed E-state index contributed by atoms with van der Waals surface area (Å²) in [5.41, 5.74) is 4.63. The Kier molecular flexibility index (Phi) is 2.44. The van der Waals surface area contributed by atoms with E-state index in [0.717, 1.165) is 17.8 Å². The van der Waals surface area contributed by atoms with Crippen molar-refractivity contribution in [3.63, 3.8) is 0 Å². The number of pyridine rings is 2. The lowest BCUT2D eigenvalue weighted by molar-refractivity contribution is -0.672. The summed E-state index contributed by atoms with van der Waals surface area (Å²) in [5.74, 6) is 1.22. The molecule has 0 spiro atoms. The lowest BCUT2D eigenvalue weighted by Crippen LogP contribution is -2.31. The number of hydrogen-bond acceptors (Lipinski definition) is 3. The molecule has 0 N–H and O–H groups in total. The molecule has 3 rings (SSSR count). The van der Waals surface area contributed by atoms with Crippen LogP contribution in [0.2, 0.25) is 0 Å². The number of aromatic nitrogens is 2. The Morgan fingerprint density at radius 1 is 1.22 bits per heavy atom. The van der Waals surface area contributed by atoms with Crippen LogP contribution in [-0.4, -0.2) is 19.2 Å². The van der Waals surface area contributed by atoms with Crippen molar-refractivity contribution in [3.05, 3.63) is 35.5 Å². The van der Waals surface area contributed by atoms with E-state index in [1.165, 1.54) is 11.1 Å². The fourth-order valence-electron chi connectivity index (χ4n) is 2.37. The molecule has 0 saturated heterocycles. The van der Waals surface area contributed by atoms with Gasteiger partial charge in [-0.25, -0.2) is 0 Å². The van der Waals surface area contributed by atoms with Gasteiger partial charge in [-0.2, -0.15) is 9.55 Å². The van der Waals surface area contributed by atoms with Gasteiger partial charge in [0.1, 0.15) is 5.56 Å². The van der Waals surface area contributed by atoms with Crippen LogP contribution in [0.15, 0.2) is 24.4 Å². The summed E-state index contributed by atoms with van der Waals surface area (Å²) in [6.45, 7) is 2.92. The Bertz CT molecular complexity index is 623. The molecule has 3 heterocycles. The number of nitrogens with zero attached hydrogens (tertiary/aromatic N) is 2. The van der Waals surface area contributed by atoms with E-state index in [4.69, 9.17) is 9.47 Å². The van der Waals surface area contributed by atoms with Gasteiger partial charge in [0, 0.05) is 23.8 Å². The van der Waals surface area contributed by atoms with Crippen LogP contribution >= 0.6 is 0 Å². The number of rotatable bonds is 2. The molecule has 2 aromatic heterocycles. The molecule has 0 saturated carbocycles. The number of methoxy groups -OCH3 is 2. The van der Waals surface area contributed by atoms with Crippen LogP contribution in [-0.2, 0) is 6.54 Å². The van der Waals surface area contributed by atoms with E-state index in [9.17, 15) is 0 Å². The first kappa shape index (κ1) is 11.0. The largest absolute Gasteiger partial charge is 0.481 e. The van der Waals surface area contributed by atoms with Gasteiger partial charge in [-0.1, -0.05) is 0 Å². The van der Waals surface area contributed by atoms with E-state index in [0.29, 0.717) is 11.8 Å². The van der Waals surface area contributed by atoms with Crippen LogP contribution < -0.4 is 14.0 Å². The number of aryl methyl sites for hydroxylation is 1. The van der Waals surface area contributed by atoms with E-state index in [2.05, 4.69) is 34.8 Å². The SMILES string of the molecule is COc1cc2c(c(OC)n1)-c1cc(C)cc[n+]1C2. The van der Waals surface area contributed by atoms with Crippen LogP contribution in [0.5, 0.6) is 11.8 Å². The van der Waals surface area contributed by atoms with Crippen molar-refractivity contribution in [1.29, 1.82) is 0 Å². The quantitative estimate of drug-likeness (QED) is 0.643. The Hall–Kier alpha value is -2.10. The number of ether oxygens (including phenoxy) is 2. The maximum atomic E-state index is 5.39. The zero-order valence-electron chi connectivity index (χ0n) is 10.7. The van der Waals surface area contributed by atoms with Crippen LogP contribution in [0, 0.1) is 6.92 Å². The second-order valence-corrected chi connectivity index (χ2v) is 4.43. The predicted octanol–water partition coefficient (Wildman–Crippen LogP) is 1.72. The highest BCUT2D eigenvalue weighted by molar-refractivity contribution is 5.70. The number of fused-ring (bicyclic) bond motifs is 3. The minimum absolute atomic E-state index is 0.593. The molecule has 1 aliphatic rings. The molecule has 18 heavy (non-hydrogen) atoms. The fourth-order valence-corrected chi connectivity index (χ4v) is 2.37. The summed E-state index contributed by atoms with van der Waals surface area (Å²) in [7, 11) is 3.26. The van der Waals surface area contributed by atoms with Crippen molar-refractivity contribution >= 4 is 0 Å². The first-order valence-corrected chi connectivity index (χ1v) is 5.85. The highest BCUT2D eigenvalue weighted by Gasteiger charge is 2.31. The molecule has 0 bridgehead atoms. The van der Waals surface area contributed by atoms with Crippen LogP contribution in [0.3, 0.4) is 0 Å². The zero-order valence-corrected chi connectivity index (χ0v) is 10.7. The molecule has 0 aliphatic carbocycles. The van der Waals surface area contributed by atoms with Crippen molar-refractivity contribution in [1.82, 2.24) is 4.98 Å². The van der Waals surface area contributed by atoms with E-state index >= 15 is 0 Å². The topological polar surface area (TPSA) is 35.2 Å². The van der Waals surface area contributed by atoms with Crippen LogP contribution in [0.4, 0.5) is 0 Å². The normalized spacial score (nSPS) is 11.9. The average molecular weight is 243 g/mol. The summed E-state index contributed by atoms with van der Waals surface area (Å²) in [5, 5.41) is 0. The lowest BCUT2D eigenvalue weighted by Gasteiger charge is -2.06. The molecule has 92 valence electrons. The number of hydrogen-bond donors (Lipinski definition) is 0. The van der Waals surface area contributed by atoms with Gasteiger partial charge in [0.2, 0.25) is 17.5 Å². The maximum absolute atomic E-state index is 5.39. The summed E-state index contributed by atoms with van der Waals surface area (Å²) < 4.78 is 12.8. The standard InChI is InChI=1S/C14H15N2O2/c1-9-4-5-16-8-10-7-12(17-2)15-14(18-3)13(10)11(16)6-9/h4-7H,8H2,1-3H3/q+1. The van der Waals surface area contributed by atoms with E-state index in [-0.39, 0.29) is 0 Å². The highest BCUT2D eigenvalue weighted by Crippen LogP contribution is 2.36. The van der Waals surface area contributed by atoms with Gasteiger partial charge < -0.3 is 9.47 Å². The van der Waals surface area contributed by atoms with Crippen molar-refractivity contribution in [2.24, 2.45) is 0 Å². The summed E-state index contributed by atoms with van der Waals surface area (Å²) in [6, 6.07) is 6.23. The molecule has 0 amide bonds. The third-order valence-electron chi connectivity index (χ3n) is 3.23. The Morgan fingerprint density at radius 2 is 2.06 bits per heavy atom. The fraction of sp³-hybridized carbons (Fsp3) is 0.286. The highest BCUT2D eigenvalue weighted by atomic mass is 16.5. The van der Waals surface area contributed by atoms with Crippen LogP contribution in [0.25, 0.3) is 11.3 Å². The first-order chi connectivity index (χ1) is 8.72. The predicted molar refractivity (Wildman–Crippen MR) is 66.8 cm³/mol. The minimum atomic E-state index is 0.593. The molecule has 0 fully saturated rings. The Morgan fingerprint density at radius 3 is 2.78 bits per heavy atom. The molecule has 2 aromatic rings. The molecule has 0 radical (unpaired) electrons. The Labute approximate surface area is 106 Å². The van der Waals surface area contributed by atoms with E-state index < -0.39 is 0 Å². The second kappa shape index (κ2) is 3.98. The zero-order chi connectivity index (χ0) is 12.7. The van der Waals surface area contributed by atoms with Gasteiger partial charge in [0.15, 0.2) is 12.7 Å². The summed E-state index contributed by atoms with van der Waals surface area (Å²) in [6.07, 6.45) is 2.09. The second-order valence-electron chi connectivity index (χ2n) is 4.43. The summed E-state index contributed by atoms with van der Waals surface area (Å²) >= 11 is 0. The third-order valence-corrected chi connectivity index (χ3v) is 3.23. The van der Waals surface area contributed by atoms with Crippen molar-refractivity contribution in [2.45, 2.75) is 13.5 Å². The van der Waals surface area contributed by atoms with Crippen LogP contribution in [0.1, 0.15) is 11.1 Å². The molecule has 0 atom stereocenters. The van der Waals surface area contributed by atoms with Gasteiger partial charge in [-0.3, -0.25) is 0 Å². The molecule has 0 aromatic carbocycles. The monoisotopic (exact) mass is 243 g/mol. The van der Waals surface area contributed by atoms with Gasteiger partial charge >= 0.3 is 0 Å².